The van der Waals surface area contributed by atoms with Gasteiger partial charge in [0.1, 0.15) is 0 Å². The zero-order valence-corrected chi connectivity index (χ0v) is 20.4. The van der Waals surface area contributed by atoms with Crippen LogP contribution in [0, 0.1) is 6.92 Å². The number of carbonyl (C=O) groups excluding carboxylic acids is 2. The van der Waals surface area contributed by atoms with Gasteiger partial charge in [-0.2, -0.15) is 0 Å². The third-order valence-electron chi connectivity index (χ3n) is 7.39. The standard InChI is InChI=1S/C30H30N4O2/c1-21-7-10-27(11-8-21)34-16-13-23-17-24(9-12-28(23)34)30(36)33-19-26(20-33)31-25-14-15-32(18-25)29(35)22-5-3-2-4-6-22/h2-13,16-17,25-26,31H,14-15,18-20H2,1H3/t25-/m0/s1. The lowest BCUT2D eigenvalue weighted by atomic mass is 10.0. The average Bonchev–Trinajstić information content (AvgIpc) is 3.53. The van der Waals surface area contributed by atoms with E-state index in [2.05, 4.69) is 53.3 Å². The number of hydrogen-bond donors (Lipinski definition) is 1. The summed E-state index contributed by atoms with van der Waals surface area (Å²) in [6.45, 7) is 4.96. The van der Waals surface area contributed by atoms with Crippen molar-refractivity contribution >= 4 is 22.7 Å². The predicted octanol–water partition coefficient (Wildman–Crippen LogP) is 4.27. The molecule has 2 fully saturated rings. The summed E-state index contributed by atoms with van der Waals surface area (Å²) in [4.78, 5) is 29.6. The number of fused-ring (bicyclic) bond motifs is 1. The highest BCUT2D eigenvalue weighted by atomic mass is 16.2. The van der Waals surface area contributed by atoms with Gasteiger partial charge in [0, 0.05) is 66.7 Å². The molecule has 0 unspecified atom stereocenters. The maximum Gasteiger partial charge on any atom is 0.253 e. The molecule has 3 heterocycles. The molecule has 2 saturated heterocycles. The smallest absolute Gasteiger partial charge is 0.253 e. The fraction of sp³-hybridized carbons (Fsp3) is 0.267. The summed E-state index contributed by atoms with van der Waals surface area (Å²) in [5, 5.41) is 4.71. The number of aryl methyl sites for hydroxylation is 1. The molecule has 1 aromatic heterocycles. The van der Waals surface area contributed by atoms with Gasteiger partial charge in [-0.1, -0.05) is 35.9 Å². The van der Waals surface area contributed by atoms with Gasteiger partial charge in [-0.25, -0.2) is 0 Å². The average molecular weight is 479 g/mol. The summed E-state index contributed by atoms with van der Waals surface area (Å²) in [7, 11) is 0. The second kappa shape index (κ2) is 9.28. The SMILES string of the molecule is Cc1ccc(-n2ccc3cc(C(=O)N4CC(N[C@H]5CCN(C(=O)c6ccccc6)C5)C4)ccc32)cc1. The molecule has 2 aliphatic rings. The fourth-order valence-electron chi connectivity index (χ4n) is 5.32. The number of hydrogen-bond acceptors (Lipinski definition) is 3. The van der Waals surface area contributed by atoms with E-state index in [4.69, 9.17) is 0 Å². The van der Waals surface area contributed by atoms with Crippen molar-refractivity contribution in [3.05, 3.63) is 102 Å². The first-order valence-corrected chi connectivity index (χ1v) is 12.6. The topological polar surface area (TPSA) is 57.6 Å². The first-order chi connectivity index (χ1) is 17.5. The van der Waals surface area contributed by atoms with E-state index in [1.165, 1.54) is 5.56 Å². The number of nitrogens with zero attached hydrogens (tertiary/aromatic N) is 3. The Balaban J connectivity index is 1.04. The highest BCUT2D eigenvalue weighted by molar-refractivity contribution is 5.99. The van der Waals surface area contributed by atoms with Gasteiger partial charge in [-0.05, 0) is 61.9 Å². The van der Waals surface area contributed by atoms with Crippen LogP contribution in [0.5, 0.6) is 0 Å². The Morgan fingerprint density at radius 1 is 0.778 bits per heavy atom. The molecule has 4 aromatic rings. The molecule has 3 aromatic carbocycles. The summed E-state index contributed by atoms with van der Waals surface area (Å²) >= 11 is 0. The molecule has 6 heteroatoms. The van der Waals surface area contributed by atoms with Crippen LogP contribution in [0.15, 0.2) is 85.1 Å². The van der Waals surface area contributed by atoms with Crippen molar-refractivity contribution in [2.75, 3.05) is 26.2 Å². The Morgan fingerprint density at radius 3 is 2.28 bits per heavy atom. The lowest BCUT2D eigenvalue weighted by Crippen LogP contribution is -2.62. The Kier molecular flexibility index (Phi) is 5.82. The lowest BCUT2D eigenvalue weighted by Gasteiger charge is -2.41. The first kappa shape index (κ1) is 22.6. The second-order valence-corrected chi connectivity index (χ2v) is 9.97. The van der Waals surface area contributed by atoms with E-state index in [-0.39, 0.29) is 23.9 Å². The number of likely N-dealkylation sites (tertiary alicyclic amines) is 2. The van der Waals surface area contributed by atoms with Gasteiger partial charge in [0.25, 0.3) is 11.8 Å². The van der Waals surface area contributed by atoms with Crippen LogP contribution < -0.4 is 5.32 Å². The van der Waals surface area contributed by atoms with Crippen molar-refractivity contribution in [1.29, 1.82) is 0 Å². The molecule has 36 heavy (non-hydrogen) atoms. The van der Waals surface area contributed by atoms with E-state index in [1.54, 1.807) is 0 Å². The van der Waals surface area contributed by atoms with Crippen LogP contribution in [0.1, 0.15) is 32.7 Å². The van der Waals surface area contributed by atoms with Gasteiger partial charge < -0.3 is 19.7 Å². The molecule has 0 spiro atoms. The van der Waals surface area contributed by atoms with Gasteiger partial charge in [-0.15, -0.1) is 0 Å². The largest absolute Gasteiger partial charge is 0.337 e. The first-order valence-electron chi connectivity index (χ1n) is 12.6. The molecule has 0 bridgehead atoms. The maximum absolute atomic E-state index is 13.1. The van der Waals surface area contributed by atoms with Crippen LogP contribution in [-0.4, -0.2) is 64.4 Å². The normalized spacial score (nSPS) is 18.0. The van der Waals surface area contributed by atoms with Gasteiger partial charge in [0.15, 0.2) is 0 Å². The summed E-state index contributed by atoms with van der Waals surface area (Å²) < 4.78 is 2.15. The van der Waals surface area contributed by atoms with Gasteiger partial charge in [-0.3, -0.25) is 9.59 Å². The third-order valence-corrected chi connectivity index (χ3v) is 7.39. The lowest BCUT2D eigenvalue weighted by molar-refractivity contribution is 0.0553. The van der Waals surface area contributed by atoms with Gasteiger partial charge in [0.2, 0.25) is 0 Å². The van der Waals surface area contributed by atoms with E-state index < -0.39 is 0 Å². The Bertz CT molecular complexity index is 1400. The Morgan fingerprint density at radius 2 is 1.50 bits per heavy atom. The maximum atomic E-state index is 13.1. The number of benzene rings is 3. The molecular formula is C30H30N4O2. The van der Waals surface area contributed by atoms with Crippen LogP contribution in [0.3, 0.4) is 0 Å². The number of rotatable bonds is 5. The van der Waals surface area contributed by atoms with Gasteiger partial charge >= 0.3 is 0 Å². The Labute approximate surface area is 211 Å². The number of amides is 2. The molecule has 2 amide bonds. The summed E-state index contributed by atoms with van der Waals surface area (Å²) in [5.74, 6) is 0.169. The minimum absolute atomic E-state index is 0.0744. The van der Waals surface area contributed by atoms with Crippen molar-refractivity contribution in [3.8, 4) is 5.69 Å². The van der Waals surface area contributed by atoms with Crippen LogP contribution in [0.25, 0.3) is 16.6 Å². The molecule has 0 radical (unpaired) electrons. The van der Waals surface area contributed by atoms with Crippen LogP contribution in [0.4, 0.5) is 0 Å². The quantitative estimate of drug-likeness (QED) is 0.466. The highest BCUT2D eigenvalue weighted by Crippen LogP contribution is 2.24. The summed E-state index contributed by atoms with van der Waals surface area (Å²) in [6.07, 6.45) is 3.00. The van der Waals surface area contributed by atoms with E-state index in [9.17, 15) is 9.59 Å². The van der Waals surface area contributed by atoms with Crippen molar-refractivity contribution in [2.45, 2.75) is 25.4 Å². The fourth-order valence-corrected chi connectivity index (χ4v) is 5.32. The predicted molar refractivity (Wildman–Crippen MR) is 142 cm³/mol. The molecule has 182 valence electrons. The molecule has 0 aliphatic carbocycles. The molecule has 1 N–H and O–H groups in total. The number of nitrogens with one attached hydrogen (secondary N) is 1. The van der Waals surface area contributed by atoms with Crippen molar-refractivity contribution in [2.24, 2.45) is 0 Å². The third kappa shape index (κ3) is 4.29. The molecule has 0 saturated carbocycles. The zero-order chi connectivity index (χ0) is 24.6. The molecular weight excluding hydrogens is 448 g/mol. The summed E-state index contributed by atoms with van der Waals surface area (Å²) in [5.41, 5.74) is 4.90. The molecule has 6 nitrogen and oxygen atoms in total. The van der Waals surface area contributed by atoms with Crippen LogP contribution >= 0.6 is 0 Å². The zero-order valence-electron chi connectivity index (χ0n) is 20.4. The molecule has 6 rings (SSSR count). The van der Waals surface area contributed by atoms with E-state index >= 15 is 0 Å². The van der Waals surface area contributed by atoms with Gasteiger partial charge in [0.05, 0.1) is 5.52 Å². The Hall–Kier alpha value is -3.90. The highest BCUT2D eigenvalue weighted by Gasteiger charge is 2.35. The molecule has 1 atom stereocenters. The number of carbonyl (C=O) groups is 2. The minimum atomic E-state index is 0.0744. The summed E-state index contributed by atoms with van der Waals surface area (Å²) in [6, 6.07) is 26.5. The molecule has 2 aliphatic heterocycles. The van der Waals surface area contributed by atoms with E-state index in [0.29, 0.717) is 19.6 Å². The van der Waals surface area contributed by atoms with Crippen LogP contribution in [-0.2, 0) is 0 Å². The van der Waals surface area contributed by atoms with E-state index in [1.807, 2.05) is 58.3 Å². The monoisotopic (exact) mass is 478 g/mol. The van der Waals surface area contributed by atoms with Crippen molar-refractivity contribution in [3.63, 3.8) is 0 Å². The van der Waals surface area contributed by atoms with Crippen molar-refractivity contribution in [1.82, 2.24) is 19.7 Å². The van der Waals surface area contributed by atoms with Crippen LogP contribution in [0.2, 0.25) is 0 Å². The van der Waals surface area contributed by atoms with E-state index in [0.717, 1.165) is 40.7 Å². The minimum Gasteiger partial charge on any atom is -0.337 e. The van der Waals surface area contributed by atoms with Crippen molar-refractivity contribution < 1.29 is 9.59 Å². The second-order valence-electron chi connectivity index (χ2n) is 9.97. The number of aromatic nitrogens is 1.